The molecule has 1 fully saturated rings. The minimum absolute atomic E-state index is 0.0425. The lowest BCUT2D eigenvalue weighted by Crippen LogP contribution is -2.44. The quantitative estimate of drug-likeness (QED) is 0.842. The molecule has 1 N–H and O–H groups in total. The summed E-state index contributed by atoms with van der Waals surface area (Å²) in [6.45, 7) is 1.34. The first-order valence-corrected chi connectivity index (χ1v) is 5.78. The molecule has 0 saturated carbocycles. The first kappa shape index (κ1) is 11.6. The standard InChI is InChI=1S/C13H15N2O2/c16-10-15-8-6-12(7-9-15)14-13(17)11-4-2-1-3-5-11/h1-5,12H,6-9H2,(H,14,17). The van der Waals surface area contributed by atoms with Crippen molar-refractivity contribution in [2.45, 2.75) is 18.9 Å². The fourth-order valence-corrected chi connectivity index (χ4v) is 1.97. The van der Waals surface area contributed by atoms with Crippen LogP contribution >= 0.6 is 0 Å². The third kappa shape index (κ3) is 3.06. The summed E-state index contributed by atoms with van der Waals surface area (Å²) in [6.07, 6.45) is 3.48. The van der Waals surface area contributed by atoms with Crippen molar-refractivity contribution in [2.24, 2.45) is 0 Å². The summed E-state index contributed by atoms with van der Waals surface area (Å²) in [7, 11) is 0. The van der Waals surface area contributed by atoms with Gasteiger partial charge in [-0.3, -0.25) is 9.59 Å². The third-order valence-corrected chi connectivity index (χ3v) is 3.00. The Labute approximate surface area is 101 Å². The number of nitrogens with zero attached hydrogens (tertiary/aromatic N) is 1. The lowest BCUT2D eigenvalue weighted by Gasteiger charge is -2.29. The van der Waals surface area contributed by atoms with E-state index in [0.717, 1.165) is 12.8 Å². The highest BCUT2D eigenvalue weighted by Crippen LogP contribution is 2.09. The van der Waals surface area contributed by atoms with Crippen LogP contribution in [0.2, 0.25) is 0 Å². The maximum absolute atomic E-state index is 11.9. The second-order valence-corrected chi connectivity index (χ2v) is 4.19. The van der Waals surface area contributed by atoms with E-state index >= 15 is 0 Å². The van der Waals surface area contributed by atoms with Crippen LogP contribution in [0.15, 0.2) is 30.3 Å². The van der Waals surface area contributed by atoms with E-state index in [0.29, 0.717) is 18.7 Å². The SMILES string of the molecule is O=[C]N1CCC(NC(=O)c2ccccc2)CC1. The monoisotopic (exact) mass is 231 g/mol. The molecule has 4 heteroatoms. The van der Waals surface area contributed by atoms with Crippen LogP contribution in [-0.4, -0.2) is 36.3 Å². The maximum atomic E-state index is 11.9. The molecule has 1 aromatic carbocycles. The average Bonchev–Trinajstić information content (AvgIpc) is 2.40. The van der Waals surface area contributed by atoms with E-state index in [1.165, 1.54) is 0 Å². The minimum atomic E-state index is -0.0425. The van der Waals surface area contributed by atoms with Gasteiger partial charge in [-0.1, -0.05) is 18.2 Å². The number of carbonyl (C=O) groups is 1. The normalized spacial score (nSPS) is 16.6. The van der Waals surface area contributed by atoms with Crippen molar-refractivity contribution in [2.75, 3.05) is 13.1 Å². The highest BCUT2D eigenvalue weighted by Gasteiger charge is 2.20. The van der Waals surface area contributed by atoms with E-state index in [9.17, 15) is 9.59 Å². The predicted molar refractivity (Wildman–Crippen MR) is 64.2 cm³/mol. The molecule has 1 aliphatic heterocycles. The Morgan fingerprint density at radius 1 is 1.24 bits per heavy atom. The number of amides is 2. The van der Waals surface area contributed by atoms with Crippen molar-refractivity contribution in [1.82, 2.24) is 10.2 Å². The Bertz CT molecular complexity index is 384. The molecule has 0 bridgehead atoms. The summed E-state index contributed by atoms with van der Waals surface area (Å²) in [5.41, 5.74) is 0.678. The number of carbonyl (C=O) groups excluding carboxylic acids is 2. The highest BCUT2D eigenvalue weighted by atomic mass is 16.2. The Hall–Kier alpha value is -1.84. The maximum Gasteiger partial charge on any atom is 0.312 e. The Balaban J connectivity index is 1.86. The Morgan fingerprint density at radius 3 is 2.47 bits per heavy atom. The van der Waals surface area contributed by atoms with E-state index in [1.54, 1.807) is 17.0 Å². The van der Waals surface area contributed by atoms with E-state index in [4.69, 9.17) is 0 Å². The molecule has 4 nitrogen and oxygen atoms in total. The van der Waals surface area contributed by atoms with Crippen molar-refractivity contribution in [3.63, 3.8) is 0 Å². The van der Waals surface area contributed by atoms with Crippen LogP contribution in [0.3, 0.4) is 0 Å². The van der Waals surface area contributed by atoms with E-state index in [1.807, 2.05) is 24.6 Å². The molecule has 0 spiro atoms. The number of benzene rings is 1. The van der Waals surface area contributed by atoms with Gasteiger partial charge in [0.2, 0.25) is 0 Å². The number of likely N-dealkylation sites (tertiary alicyclic amines) is 1. The number of piperidine rings is 1. The van der Waals surface area contributed by atoms with Gasteiger partial charge in [0.25, 0.3) is 5.91 Å². The molecule has 1 heterocycles. The van der Waals surface area contributed by atoms with Crippen LogP contribution in [0.25, 0.3) is 0 Å². The highest BCUT2D eigenvalue weighted by molar-refractivity contribution is 5.94. The molecule has 2 amide bonds. The van der Waals surface area contributed by atoms with Gasteiger partial charge in [0.15, 0.2) is 0 Å². The van der Waals surface area contributed by atoms with Crippen molar-refractivity contribution < 1.29 is 9.59 Å². The number of hydrogen-bond donors (Lipinski definition) is 1. The molecule has 17 heavy (non-hydrogen) atoms. The number of nitrogens with one attached hydrogen (secondary N) is 1. The summed E-state index contributed by atoms with van der Waals surface area (Å²) in [5.74, 6) is -0.0425. The minimum Gasteiger partial charge on any atom is -0.349 e. The van der Waals surface area contributed by atoms with Gasteiger partial charge in [0.05, 0.1) is 0 Å². The molecular formula is C13H15N2O2. The first-order valence-electron chi connectivity index (χ1n) is 5.78. The molecule has 0 unspecified atom stereocenters. The third-order valence-electron chi connectivity index (χ3n) is 3.00. The molecule has 1 saturated heterocycles. The van der Waals surface area contributed by atoms with Gasteiger partial charge in [-0.15, -0.1) is 0 Å². The molecule has 2 rings (SSSR count). The molecular weight excluding hydrogens is 216 g/mol. The summed E-state index contributed by atoms with van der Waals surface area (Å²) >= 11 is 0. The van der Waals surface area contributed by atoms with Crippen LogP contribution in [-0.2, 0) is 4.79 Å². The van der Waals surface area contributed by atoms with E-state index < -0.39 is 0 Å². The number of rotatable bonds is 3. The van der Waals surface area contributed by atoms with E-state index in [-0.39, 0.29) is 11.9 Å². The lowest BCUT2D eigenvalue weighted by atomic mass is 10.0. The van der Waals surface area contributed by atoms with Crippen LogP contribution in [0.5, 0.6) is 0 Å². The van der Waals surface area contributed by atoms with Crippen molar-refractivity contribution >= 4 is 12.3 Å². The number of hydrogen-bond acceptors (Lipinski definition) is 2. The lowest BCUT2D eigenvalue weighted by molar-refractivity contribution is 0.0922. The molecule has 1 radical (unpaired) electrons. The van der Waals surface area contributed by atoms with Crippen molar-refractivity contribution in [3.8, 4) is 0 Å². The van der Waals surface area contributed by atoms with Crippen LogP contribution in [0, 0.1) is 0 Å². The van der Waals surface area contributed by atoms with Gasteiger partial charge in [0.1, 0.15) is 0 Å². The summed E-state index contributed by atoms with van der Waals surface area (Å²) < 4.78 is 0. The van der Waals surface area contributed by atoms with Gasteiger partial charge in [-0.2, -0.15) is 0 Å². The average molecular weight is 231 g/mol. The molecule has 89 valence electrons. The smallest absolute Gasteiger partial charge is 0.312 e. The van der Waals surface area contributed by atoms with Gasteiger partial charge < -0.3 is 10.2 Å². The predicted octanol–water partition coefficient (Wildman–Crippen LogP) is 0.948. The largest absolute Gasteiger partial charge is 0.349 e. The summed E-state index contributed by atoms with van der Waals surface area (Å²) in [6, 6.07) is 9.33. The second-order valence-electron chi connectivity index (χ2n) is 4.19. The molecule has 1 aromatic rings. The second kappa shape index (κ2) is 5.48. The summed E-state index contributed by atoms with van der Waals surface area (Å²) in [5, 5.41) is 2.98. The van der Waals surface area contributed by atoms with Crippen molar-refractivity contribution in [1.29, 1.82) is 0 Å². The van der Waals surface area contributed by atoms with Gasteiger partial charge in [-0.25, -0.2) is 0 Å². The van der Waals surface area contributed by atoms with Gasteiger partial charge in [-0.05, 0) is 25.0 Å². The Morgan fingerprint density at radius 2 is 1.88 bits per heavy atom. The van der Waals surface area contributed by atoms with Crippen molar-refractivity contribution in [3.05, 3.63) is 35.9 Å². The van der Waals surface area contributed by atoms with Crippen LogP contribution in [0.4, 0.5) is 0 Å². The zero-order valence-electron chi connectivity index (χ0n) is 9.56. The van der Waals surface area contributed by atoms with E-state index in [2.05, 4.69) is 5.32 Å². The first-order chi connectivity index (χ1) is 8.29. The zero-order chi connectivity index (χ0) is 12.1. The topological polar surface area (TPSA) is 49.4 Å². The molecule has 1 aliphatic rings. The van der Waals surface area contributed by atoms with Gasteiger partial charge in [0, 0.05) is 24.7 Å². The fourth-order valence-electron chi connectivity index (χ4n) is 1.97. The van der Waals surface area contributed by atoms with Gasteiger partial charge >= 0.3 is 6.41 Å². The van der Waals surface area contributed by atoms with Crippen LogP contribution < -0.4 is 5.32 Å². The molecule has 0 aliphatic carbocycles. The summed E-state index contributed by atoms with van der Waals surface area (Å²) in [4.78, 5) is 23.9. The molecule has 0 atom stereocenters. The fraction of sp³-hybridized carbons (Fsp3) is 0.385. The zero-order valence-corrected chi connectivity index (χ0v) is 9.56. The molecule has 0 aromatic heterocycles. The Kier molecular flexibility index (Phi) is 3.75. The van der Waals surface area contributed by atoms with Crippen LogP contribution in [0.1, 0.15) is 23.2 Å².